The van der Waals surface area contributed by atoms with Crippen molar-refractivity contribution in [2.75, 3.05) is 11.9 Å². The van der Waals surface area contributed by atoms with Crippen molar-refractivity contribution in [1.82, 2.24) is 0 Å². The molecule has 0 atom stereocenters. The molecule has 0 bridgehead atoms. The molecule has 0 saturated heterocycles. The zero-order valence-electron chi connectivity index (χ0n) is 13.8. The Morgan fingerprint density at radius 1 is 1.17 bits per heavy atom. The number of nitrogens with zero attached hydrogens (tertiary/aromatic N) is 1. The highest BCUT2D eigenvalue weighted by Crippen LogP contribution is 2.27. The molecule has 0 aliphatic carbocycles. The van der Waals surface area contributed by atoms with Crippen molar-refractivity contribution in [1.29, 1.82) is 0 Å². The summed E-state index contributed by atoms with van der Waals surface area (Å²) in [6.07, 6.45) is 0. The van der Waals surface area contributed by atoms with Crippen LogP contribution in [0.3, 0.4) is 0 Å². The van der Waals surface area contributed by atoms with Gasteiger partial charge in [-0.1, -0.05) is 12.1 Å². The number of aryl methyl sites for hydroxylation is 2. The number of ether oxygens (including phenoxy) is 1. The average Bonchev–Trinajstić information content (AvgIpc) is 2.47. The van der Waals surface area contributed by atoms with Crippen molar-refractivity contribution < 1.29 is 9.84 Å². The van der Waals surface area contributed by atoms with Gasteiger partial charge in [0.2, 0.25) is 0 Å². The molecule has 0 aliphatic heterocycles. The maximum atomic E-state index is 9.69. The number of guanidine groups is 1. The van der Waals surface area contributed by atoms with Gasteiger partial charge in [0.1, 0.15) is 0 Å². The third kappa shape index (κ3) is 4.92. The number of benzene rings is 2. The fourth-order valence-electron chi connectivity index (χ4n) is 2.34. The van der Waals surface area contributed by atoms with E-state index in [2.05, 4.69) is 16.4 Å². The molecule has 2 aromatic rings. The van der Waals surface area contributed by atoms with Crippen LogP contribution in [0.25, 0.3) is 0 Å². The van der Waals surface area contributed by atoms with E-state index in [0.29, 0.717) is 24.9 Å². The third-order valence-corrected chi connectivity index (χ3v) is 3.25. The smallest absolute Gasteiger partial charge is 0.193 e. The SMILES string of the molecule is CCOc1cc(CN=C(N)Nc2cc(C)cc(C)c2)ccc1O. The summed E-state index contributed by atoms with van der Waals surface area (Å²) in [5.41, 5.74) is 10.1. The molecular formula is C18H23N3O2. The third-order valence-electron chi connectivity index (χ3n) is 3.25. The van der Waals surface area contributed by atoms with Crippen molar-refractivity contribution >= 4 is 11.6 Å². The lowest BCUT2D eigenvalue weighted by Crippen LogP contribution is -2.22. The maximum absolute atomic E-state index is 9.69. The Morgan fingerprint density at radius 3 is 2.52 bits per heavy atom. The highest BCUT2D eigenvalue weighted by atomic mass is 16.5. The van der Waals surface area contributed by atoms with Crippen LogP contribution in [0.15, 0.2) is 41.4 Å². The van der Waals surface area contributed by atoms with Gasteiger partial charge in [0.15, 0.2) is 17.5 Å². The predicted molar refractivity (Wildman–Crippen MR) is 94.1 cm³/mol. The van der Waals surface area contributed by atoms with Crippen LogP contribution >= 0.6 is 0 Å². The van der Waals surface area contributed by atoms with Crippen molar-refractivity contribution in [3.05, 3.63) is 53.1 Å². The number of nitrogens with one attached hydrogen (secondary N) is 1. The number of rotatable bonds is 5. The molecule has 0 radical (unpaired) electrons. The molecule has 0 fully saturated rings. The van der Waals surface area contributed by atoms with E-state index >= 15 is 0 Å². The number of hydrogen-bond donors (Lipinski definition) is 3. The number of aromatic hydroxyl groups is 1. The van der Waals surface area contributed by atoms with Gasteiger partial charge in [-0.3, -0.25) is 0 Å². The summed E-state index contributed by atoms with van der Waals surface area (Å²) >= 11 is 0. The summed E-state index contributed by atoms with van der Waals surface area (Å²) in [5, 5.41) is 12.8. The predicted octanol–water partition coefficient (Wildman–Crippen LogP) is 3.33. The van der Waals surface area contributed by atoms with Crippen LogP contribution in [-0.2, 0) is 6.54 Å². The summed E-state index contributed by atoms with van der Waals surface area (Å²) in [6.45, 7) is 6.85. The lowest BCUT2D eigenvalue weighted by Gasteiger charge is -2.09. The zero-order valence-corrected chi connectivity index (χ0v) is 13.8. The number of anilines is 1. The van der Waals surface area contributed by atoms with E-state index in [9.17, 15) is 5.11 Å². The largest absolute Gasteiger partial charge is 0.504 e. The number of hydrogen-bond acceptors (Lipinski definition) is 3. The van der Waals surface area contributed by atoms with Crippen molar-refractivity contribution in [2.45, 2.75) is 27.3 Å². The highest BCUT2D eigenvalue weighted by molar-refractivity contribution is 5.92. The summed E-state index contributed by atoms with van der Waals surface area (Å²) < 4.78 is 5.36. The number of aliphatic imine (C=N–C) groups is 1. The van der Waals surface area contributed by atoms with Gasteiger partial charge in [-0.05, 0) is 61.7 Å². The lowest BCUT2D eigenvalue weighted by atomic mass is 10.1. The average molecular weight is 313 g/mol. The second kappa shape index (κ2) is 7.54. The fraction of sp³-hybridized carbons (Fsp3) is 0.278. The van der Waals surface area contributed by atoms with Crippen molar-refractivity contribution in [2.24, 2.45) is 10.7 Å². The summed E-state index contributed by atoms with van der Waals surface area (Å²) in [5.74, 6) is 0.933. The van der Waals surface area contributed by atoms with Gasteiger partial charge in [0.05, 0.1) is 13.2 Å². The molecule has 5 heteroatoms. The van der Waals surface area contributed by atoms with E-state index in [1.807, 2.05) is 32.9 Å². The number of phenolic OH excluding ortho intramolecular Hbond substituents is 1. The molecule has 0 unspecified atom stereocenters. The van der Waals surface area contributed by atoms with Gasteiger partial charge >= 0.3 is 0 Å². The van der Waals surface area contributed by atoms with Crippen LogP contribution in [-0.4, -0.2) is 17.7 Å². The standard InChI is InChI=1S/C18H23N3O2/c1-4-23-17-10-14(5-6-16(17)22)11-20-18(19)21-15-8-12(2)7-13(3)9-15/h5-10,22H,4,11H2,1-3H3,(H3,19,20,21). The second-order valence-electron chi connectivity index (χ2n) is 5.44. The Bertz CT molecular complexity index is 691. The number of phenols is 1. The molecule has 2 rings (SSSR count). The Labute approximate surface area is 136 Å². The summed E-state index contributed by atoms with van der Waals surface area (Å²) in [4.78, 5) is 4.33. The first-order valence-electron chi connectivity index (χ1n) is 7.58. The molecule has 0 aromatic heterocycles. The molecule has 0 aliphatic rings. The van der Waals surface area contributed by atoms with Crippen molar-refractivity contribution in [3.63, 3.8) is 0 Å². The minimum absolute atomic E-state index is 0.126. The van der Waals surface area contributed by atoms with Crippen LogP contribution in [0.2, 0.25) is 0 Å². The first kappa shape index (κ1) is 16.7. The van der Waals surface area contributed by atoms with E-state index in [-0.39, 0.29) is 5.75 Å². The molecule has 0 amide bonds. The van der Waals surface area contributed by atoms with Crippen LogP contribution < -0.4 is 15.8 Å². The first-order valence-corrected chi connectivity index (χ1v) is 7.58. The van der Waals surface area contributed by atoms with Gasteiger partial charge in [0, 0.05) is 5.69 Å². The summed E-state index contributed by atoms with van der Waals surface area (Å²) in [6, 6.07) is 11.3. The zero-order chi connectivity index (χ0) is 16.8. The Kier molecular flexibility index (Phi) is 5.46. The first-order chi connectivity index (χ1) is 11.0. The van der Waals surface area contributed by atoms with Gasteiger partial charge in [0.25, 0.3) is 0 Å². The van der Waals surface area contributed by atoms with Gasteiger partial charge in [-0.2, -0.15) is 0 Å². The molecule has 0 spiro atoms. The highest BCUT2D eigenvalue weighted by Gasteiger charge is 2.03. The number of nitrogens with two attached hydrogens (primary N) is 1. The minimum atomic E-state index is 0.126. The minimum Gasteiger partial charge on any atom is -0.504 e. The van der Waals surface area contributed by atoms with Crippen molar-refractivity contribution in [3.8, 4) is 11.5 Å². The van der Waals surface area contributed by atoms with Gasteiger partial charge in [-0.15, -0.1) is 0 Å². The molecular weight excluding hydrogens is 290 g/mol. The molecule has 5 nitrogen and oxygen atoms in total. The molecule has 2 aromatic carbocycles. The monoisotopic (exact) mass is 313 g/mol. The van der Waals surface area contributed by atoms with Crippen LogP contribution in [0, 0.1) is 13.8 Å². The Morgan fingerprint density at radius 2 is 1.87 bits per heavy atom. The van der Waals surface area contributed by atoms with Gasteiger partial charge < -0.3 is 20.9 Å². The quantitative estimate of drug-likeness (QED) is 0.584. The van der Waals surface area contributed by atoms with E-state index < -0.39 is 0 Å². The van der Waals surface area contributed by atoms with E-state index in [0.717, 1.165) is 11.3 Å². The maximum Gasteiger partial charge on any atom is 0.193 e. The Balaban J connectivity index is 2.05. The molecule has 122 valence electrons. The van der Waals surface area contributed by atoms with E-state index in [1.54, 1.807) is 18.2 Å². The molecule has 0 heterocycles. The normalized spacial score (nSPS) is 11.3. The lowest BCUT2D eigenvalue weighted by molar-refractivity contribution is 0.318. The topological polar surface area (TPSA) is 79.9 Å². The van der Waals surface area contributed by atoms with Crippen LogP contribution in [0.1, 0.15) is 23.6 Å². The van der Waals surface area contributed by atoms with Gasteiger partial charge in [-0.25, -0.2) is 4.99 Å². The Hall–Kier alpha value is -2.69. The van der Waals surface area contributed by atoms with Crippen LogP contribution in [0.5, 0.6) is 11.5 Å². The molecule has 0 saturated carbocycles. The van der Waals surface area contributed by atoms with Crippen LogP contribution in [0.4, 0.5) is 5.69 Å². The molecule has 23 heavy (non-hydrogen) atoms. The van der Waals surface area contributed by atoms with E-state index in [1.165, 1.54) is 11.1 Å². The fourth-order valence-corrected chi connectivity index (χ4v) is 2.34. The molecule has 4 N–H and O–H groups in total. The summed E-state index contributed by atoms with van der Waals surface area (Å²) in [7, 11) is 0. The van der Waals surface area contributed by atoms with E-state index in [4.69, 9.17) is 10.5 Å². The second-order valence-corrected chi connectivity index (χ2v) is 5.44.